The standard InChI is InChI=1S/C9H5FN2O2/c10-7-4-6-2-1-3-11-8(6)5-9(7)12(13)14/h1-5H. The van der Waals surface area contributed by atoms with Gasteiger partial charge in [0.2, 0.25) is 5.82 Å². The molecule has 0 N–H and O–H groups in total. The first-order valence-electron chi connectivity index (χ1n) is 3.87. The summed E-state index contributed by atoms with van der Waals surface area (Å²) >= 11 is 0. The number of rotatable bonds is 1. The Morgan fingerprint density at radius 3 is 2.93 bits per heavy atom. The summed E-state index contributed by atoms with van der Waals surface area (Å²) in [6.07, 6.45) is 1.50. The minimum atomic E-state index is -0.837. The molecule has 0 amide bonds. The van der Waals surface area contributed by atoms with Crippen molar-refractivity contribution in [2.75, 3.05) is 0 Å². The Hall–Kier alpha value is -2.04. The Morgan fingerprint density at radius 2 is 2.21 bits per heavy atom. The molecule has 5 heteroatoms. The van der Waals surface area contributed by atoms with E-state index in [4.69, 9.17) is 0 Å². The van der Waals surface area contributed by atoms with Crippen molar-refractivity contribution >= 4 is 16.6 Å². The minimum absolute atomic E-state index is 0.417. The molecule has 0 saturated carbocycles. The van der Waals surface area contributed by atoms with Crippen molar-refractivity contribution in [2.24, 2.45) is 0 Å². The van der Waals surface area contributed by atoms with Crippen LogP contribution in [0.5, 0.6) is 0 Å². The second-order valence-electron chi connectivity index (χ2n) is 2.76. The van der Waals surface area contributed by atoms with Crippen LogP contribution in [0, 0.1) is 15.9 Å². The molecule has 2 rings (SSSR count). The molecule has 0 fully saturated rings. The first-order valence-corrected chi connectivity index (χ1v) is 3.87. The molecule has 14 heavy (non-hydrogen) atoms. The van der Waals surface area contributed by atoms with Crippen LogP contribution in [0.2, 0.25) is 0 Å². The molecule has 1 aromatic heterocycles. The fraction of sp³-hybridized carbons (Fsp3) is 0. The molecule has 0 spiro atoms. The Kier molecular flexibility index (Phi) is 1.85. The summed E-state index contributed by atoms with van der Waals surface area (Å²) in [6.45, 7) is 0. The van der Waals surface area contributed by atoms with Gasteiger partial charge in [-0.15, -0.1) is 0 Å². The molecular formula is C9H5FN2O2. The third-order valence-corrected chi connectivity index (χ3v) is 1.87. The molecule has 0 bridgehead atoms. The van der Waals surface area contributed by atoms with Gasteiger partial charge in [-0.2, -0.15) is 4.39 Å². The number of fused-ring (bicyclic) bond motifs is 1. The molecule has 2 aromatic rings. The van der Waals surface area contributed by atoms with Crippen molar-refractivity contribution in [3.8, 4) is 0 Å². The van der Waals surface area contributed by atoms with Gasteiger partial charge < -0.3 is 0 Å². The van der Waals surface area contributed by atoms with E-state index in [1.807, 2.05) is 0 Å². The highest BCUT2D eigenvalue weighted by atomic mass is 19.1. The molecule has 0 atom stereocenters. The minimum Gasteiger partial charge on any atom is -0.258 e. The zero-order valence-electron chi connectivity index (χ0n) is 6.98. The predicted molar refractivity (Wildman–Crippen MR) is 48.4 cm³/mol. The van der Waals surface area contributed by atoms with Crippen molar-refractivity contribution in [1.29, 1.82) is 0 Å². The number of hydrogen-bond acceptors (Lipinski definition) is 3. The maximum atomic E-state index is 13.1. The highest BCUT2D eigenvalue weighted by Crippen LogP contribution is 2.22. The van der Waals surface area contributed by atoms with Crippen LogP contribution in [0.4, 0.5) is 10.1 Å². The fourth-order valence-electron chi connectivity index (χ4n) is 1.22. The maximum Gasteiger partial charge on any atom is 0.306 e. The van der Waals surface area contributed by atoms with Gasteiger partial charge in [0.25, 0.3) is 0 Å². The van der Waals surface area contributed by atoms with Crippen LogP contribution in [0.3, 0.4) is 0 Å². The van der Waals surface area contributed by atoms with E-state index in [-0.39, 0.29) is 0 Å². The first kappa shape index (κ1) is 8.55. The van der Waals surface area contributed by atoms with E-state index >= 15 is 0 Å². The smallest absolute Gasteiger partial charge is 0.258 e. The van der Waals surface area contributed by atoms with Crippen LogP contribution in [0.25, 0.3) is 10.9 Å². The molecule has 0 aliphatic rings. The van der Waals surface area contributed by atoms with Crippen molar-refractivity contribution in [2.45, 2.75) is 0 Å². The average molecular weight is 192 g/mol. The molecule has 1 heterocycles. The van der Waals surface area contributed by atoms with Gasteiger partial charge in [0.15, 0.2) is 0 Å². The van der Waals surface area contributed by atoms with Crippen molar-refractivity contribution < 1.29 is 9.31 Å². The zero-order chi connectivity index (χ0) is 10.1. The topological polar surface area (TPSA) is 56.0 Å². The third kappa shape index (κ3) is 1.28. The van der Waals surface area contributed by atoms with E-state index in [9.17, 15) is 14.5 Å². The number of nitro groups is 1. The number of hydrogen-bond donors (Lipinski definition) is 0. The van der Waals surface area contributed by atoms with Crippen LogP contribution in [0.15, 0.2) is 30.5 Å². The normalized spacial score (nSPS) is 10.4. The number of aromatic nitrogens is 1. The summed E-state index contributed by atoms with van der Waals surface area (Å²) in [5.41, 5.74) is -0.128. The molecule has 1 aromatic carbocycles. The lowest BCUT2D eigenvalue weighted by Gasteiger charge is -1.97. The summed E-state index contributed by atoms with van der Waals surface area (Å²) in [6, 6.07) is 5.54. The lowest BCUT2D eigenvalue weighted by molar-refractivity contribution is -0.387. The van der Waals surface area contributed by atoms with Gasteiger partial charge in [-0.1, -0.05) is 6.07 Å². The highest BCUT2D eigenvalue weighted by Gasteiger charge is 2.14. The molecule has 0 aliphatic heterocycles. The predicted octanol–water partition coefficient (Wildman–Crippen LogP) is 2.28. The van der Waals surface area contributed by atoms with Gasteiger partial charge in [0.05, 0.1) is 10.4 Å². The summed E-state index contributed by atoms with van der Waals surface area (Å²) in [4.78, 5) is 13.5. The third-order valence-electron chi connectivity index (χ3n) is 1.87. The molecule has 4 nitrogen and oxygen atoms in total. The summed E-state index contributed by atoms with van der Waals surface area (Å²) in [7, 11) is 0. The van der Waals surface area contributed by atoms with Gasteiger partial charge >= 0.3 is 5.69 Å². The van der Waals surface area contributed by atoms with E-state index in [2.05, 4.69) is 4.98 Å². The van der Waals surface area contributed by atoms with E-state index in [1.54, 1.807) is 12.1 Å². The summed E-state index contributed by atoms with van der Waals surface area (Å²) in [5.74, 6) is -0.837. The van der Waals surface area contributed by atoms with Crippen LogP contribution >= 0.6 is 0 Å². The number of halogens is 1. The Labute approximate surface area is 78.2 Å². The molecular weight excluding hydrogens is 187 g/mol. The van der Waals surface area contributed by atoms with E-state index in [1.165, 1.54) is 6.20 Å². The van der Waals surface area contributed by atoms with Crippen LogP contribution in [0.1, 0.15) is 0 Å². The lowest BCUT2D eigenvalue weighted by Crippen LogP contribution is -1.92. The summed E-state index contributed by atoms with van der Waals surface area (Å²) < 4.78 is 13.1. The van der Waals surface area contributed by atoms with Gasteiger partial charge in [0.1, 0.15) is 0 Å². The Bertz CT molecular complexity index is 513. The maximum absolute atomic E-state index is 13.1. The van der Waals surface area contributed by atoms with Crippen LogP contribution in [-0.4, -0.2) is 9.91 Å². The fourth-order valence-corrected chi connectivity index (χ4v) is 1.22. The van der Waals surface area contributed by atoms with Crippen LogP contribution in [-0.2, 0) is 0 Å². The van der Waals surface area contributed by atoms with Crippen LogP contribution < -0.4 is 0 Å². The molecule has 0 unspecified atom stereocenters. The second kappa shape index (κ2) is 3.02. The molecule has 0 radical (unpaired) electrons. The Balaban J connectivity index is 2.77. The van der Waals surface area contributed by atoms with E-state index < -0.39 is 16.4 Å². The highest BCUT2D eigenvalue weighted by molar-refractivity contribution is 5.80. The monoisotopic (exact) mass is 192 g/mol. The SMILES string of the molecule is O=[N+]([O-])c1cc2ncccc2cc1F. The van der Waals surface area contributed by atoms with E-state index in [0.717, 1.165) is 12.1 Å². The van der Waals surface area contributed by atoms with Gasteiger partial charge in [-0.25, -0.2) is 0 Å². The Morgan fingerprint density at radius 1 is 1.43 bits per heavy atom. The largest absolute Gasteiger partial charge is 0.306 e. The molecule has 0 saturated heterocycles. The lowest BCUT2D eigenvalue weighted by atomic mass is 10.2. The van der Waals surface area contributed by atoms with Crippen molar-refractivity contribution in [3.05, 3.63) is 46.4 Å². The number of nitro benzene ring substituents is 1. The number of nitrogens with zero attached hydrogens (tertiary/aromatic N) is 2. The first-order chi connectivity index (χ1) is 6.68. The van der Waals surface area contributed by atoms with E-state index in [0.29, 0.717) is 10.9 Å². The van der Waals surface area contributed by atoms with Gasteiger partial charge in [0, 0.05) is 17.6 Å². The van der Waals surface area contributed by atoms with Crippen molar-refractivity contribution in [3.63, 3.8) is 0 Å². The zero-order valence-corrected chi connectivity index (χ0v) is 6.98. The molecule has 70 valence electrons. The quantitative estimate of drug-likeness (QED) is 0.514. The summed E-state index contributed by atoms with van der Waals surface area (Å²) in [5, 5.41) is 11.0. The van der Waals surface area contributed by atoms with Gasteiger partial charge in [-0.05, 0) is 12.1 Å². The molecule has 0 aliphatic carbocycles. The number of benzene rings is 1. The number of pyridine rings is 1. The van der Waals surface area contributed by atoms with Gasteiger partial charge in [-0.3, -0.25) is 15.1 Å². The average Bonchev–Trinajstić information content (AvgIpc) is 2.16. The van der Waals surface area contributed by atoms with Crippen molar-refractivity contribution in [1.82, 2.24) is 4.98 Å². The second-order valence-corrected chi connectivity index (χ2v) is 2.76.